The number of para-hydroxylation sites is 1. The molecular formula is C10H12N4. The third-order valence-corrected chi connectivity index (χ3v) is 2.04. The summed E-state index contributed by atoms with van der Waals surface area (Å²) in [6, 6.07) is 7.80. The van der Waals surface area contributed by atoms with Crippen molar-refractivity contribution in [2.75, 3.05) is 11.1 Å². The first kappa shape index (κ1) is 8.62. The Morgan fingerprint density at radius 3 is 2.93 bits per heavy atom. The molecule has 2 rings (SSSR count). The molecule has 0 amide bonds. The van der Waals surface area contributed by atoms with Gasteiger partial charge < -0.3 is 11.1 Å². The number of hydrogen-bond donors (Lipinski definition) is 3. The van der Waals surface area contributed by atoms with Gasteiger partial charge in [0, 0.05) is 18.4 Å². The highest BCUT2D eigenvalue weighted by atomic mass is 15.1. The molecule has 0 saturated heterocycles. The molecule has 0 saturated carbocycles. The minimum absolute atomic E-state index is 0.714. The Kier molecular flexibility index (Phi) is 2.36. The quantitative estimate of drug-likeness (QED) is 0.641. The maximum absolute atomic E-state index is 5.80. The van der Waals surface area contributed by atoms with E-state index in [9.17, 15) is 0 Å². The molecule has 1 aromatic carbocycles. The van der Waals surface area contributed by atoms with Gasteiger partial charge in [-0.2, -0.15) is 5.10 Å². The van der Waals surface area contributed by atoms with Crippen LogP contribution in [0.5, 0.6) is 0 Å². The maximum atomic E-state index is 5.80. The number of hydrogen-bond acceptors (Lipinski definition) is 3. The molecule has 1 aromatic heterocycles. The van der Waals surface area contributed by atoms with Crippen LogP contribution in [0.2, 0.25) is 0 Å². The molecule has 14 heavy (non-hydrogen) atoms. The van der Waals surface area contributed by atoms with E-state index in [2.05, 4.69) is 15.5 Å². The topological polar surface area (TPSA) is 66.7 Å². The second-order valence-corrected chi connectivity index (χ2v) is 3.04. The van der Waals surface area contributed by atoms with Crippen LogP contribution in [0.4, 0.5) is 11.4 Å². The van der Waals surface area contributed by atoms with Crippen LogP contribution >= 0.6 is 0 Å². The number of nitrogen functional groups attached to an aromatic ring is 1. The average molecular weight is 188 g/mol. The summed E-state index contributed by atoms with van der Waals surface area (Å²) in [4.78, 5) is 0. The van der Waals surface area contributed by atoms with E-state index in [0.29, 0.717) is 6.54 Å². The van der Waals surface area contributed by atoms with Crippen molar-refractivity contribution in [1.29, 1.82) is 0 Å². The van der Waals surface area contributed by atoms with Gasteiger partial charge in [0.25, 0.3) is 0 Å². The van der Waals surface area contributed by atoms with Crippen molar-refractivity contribution in [3.8, 4) is 0 Å². The van der Waals surface area contributed by atoms with E-state index in [1.54, 1.807) is 12.4 Å². The Balaban J connectivity index is 2.02. The van der Waals surface area contributed by atoms with E-state index >= 15 is 0 Å². The lowest BCUT2D eigenvalue weighted by molar-refractivity contribution is 1.09. The van der Waals surface area contributed by atoms with Crippen molar-refractivity contribution in [1.82, 2.24) is 10.2 Å². The zero-order valence-electron chi connectivity index (χ0n) is 7.70. The third-order valence-electron chi connectivity index (χ3n) is 2.04. The van der Waals surface area contributed by atoms with Crippen molar-refractivity contribution in [3.63, 3.8) is 0 Å². The smallest absolute Gasteiger partial charge is 0.0726 e. The van der Waals surface area contributed by atoms with Crippen molar-refractivity contribution >= 4 is 11.4 Å². The summed E-state index contributed by atoms with van der Waals surface area (Å²) in [6.07, 6.45) is 3.54. The van der Waals surface area contributed by atoms with Crippen LogP contribution in [-0.2, 0) is 6.54 Å². The Labute approximate surface area is 82.1 Å². The van der Waals surface area contributed by atoms with Crippen molar-refractivity contribution < 1.29 is 0 Å². The molecule has 0 fully saturated rings. The van der Waals surface area contributed by atoms with Gasteiger partial charge in [0.15, 0.2) is 0 Å². The first-order valence-electron chi connectivity index (χ1n) is 4.42. The molecule has 2 aromatic rings. The van der Waals surface area contributed by atoms with Crippen molar-refractivity contribution in [3.05, 3.63) is 42.2 Å². The zero-order valence-corrected chi connectivity index (χ0v) is 7.70. The molecule has 0 radical (unpaired) electrons. The second-order valence-electron chi connectivity index (χ2n) is 3.04. The van der Waals surface area contributed by atoms with Crippen molar-refractivity contribution in [2.24, 2.45) is 0 Å². The second kappa shape index (κ2) is 3.83. The molecule has 4 nitrogen and oxygen atoms in total. The summed E-state index contributed by atoms with van der Waals surface area (Å²) in [6.45, 7) is 0.714. The van der Waals surface area contributed by atoms with E-state index < -0.39 is 0 Å². The van der Waals surface area contributed by atoms with E-state index in [4.69, 9.17) is 5.73 Å². The molecule has 1 heterocycles. The van der Waals surface area contributed by atoms with Gasteiger partial charge in [-0.3, -0.25) is 5.10 Å². The van der Waals surface area contributed by atoms with Crippen LogP contribution in [0.15, 0.2) is 36.7 Å². The van der Waals surface area contributed by atoms with Crippen LogP contribution in [0.25, 0.3) is 0 Å². The van der Waals surface area contributed by atoms with Gasteiger partial charge in [-0.25, -0.2) is 0 Å². The fourth-order valence-electron chi connectivity index (χ4n) is 1.24. The van der Waals surface area contributed by atoms with Gasteiger partial charge in [0.1, 0.15) is 0 Å². The predicted molar refractivity (Wildman–Crippen MR) is 56.8 cm³/mol. The fraction of sp³-hybridized carbons (Fsp3) is 0.100. The molecule has 0 aliphatic heterocycles. The number of anilines is 2. The van der Waals surface area contributed by atoms with Gasteiger partial charge in [-0.05, 0) is 11.6 Å². The molecule has 0 spiro atoms. The summed E-state index contributed by atoms with van der Waals surface area (Å²) < 4.78 is 0. The summed E-state index contributed by atoms with van der Waals surface area (Å²) in [5.41, 5.74) is 8.66. The van der Waals surface area contributed by atoms with Gasteiger partial charge in [0.2, 0.25) is 0 Å². The molecule has 0 aliphatic rings. The van der Waals surface area contributed by atoms with Crippen LogP contribution in [0, 0.1) is 0 Å². The first-order valence-corrected chi connectivity index (χ1v) is 4.42. The van der Waals surface area contributed by atoms with Gasteiger partial charge in [0.05, 0.1) is 11.9 Å². The summed E-state index contributed by atoms with van der Waals surface area (Å²) >= 11 is 0. The Hall–Kier alpha value is -1.97. The van der Waals surface area contributed by atoms with Crippen molar-refractivity contribution in [2.45, 2.75) is 6.54 Å². The van der Waals surface area contributed by atoms with Crippen LogP contribution in [0.1, 0.15) is 5.56 Å². The fourth-order valence-corrected chi connectivity index (χ4v) is 1.24. The number of nitrogens with two attached hydrogens (primary N) is 1. The molecule has 4 N–H and O–H groups in total. The van der Waals surface area contributed by atoms with Gasteiger partial charge in [-0.1, -0.05) is 18.2 Å². The SMILES string of the molecule is Nc1ccccc1CNc1cn[nH]c1. The van der Waals surface area contributed by atoms with Crippen LogP contribution in [0.3, 0.4) is 0 Å². The number of aromatic amines is 1. The number of H-pyrrole nitrogens is 1. The Morgan fingerprint density at radius 2 is 2.21 bits per heavy atom. The molecule has 0 unspecified atom stereocenters. The number of nitrogens with zero attached hydrogens (tertiary/aromatic N) is 1. The van der Waals surface area contributed by atoms with Gasteiger partial charge in [-0.15, -0.1) is 0 Å². The lowest BCUT2D eigenvalue weighted by Crippen LogP contribution is -2.01. The highest BCUT2D eigenvalue weighted by Crippen LogP contribution is 2.12. The molecular weight excluding hydrogens is 176 g/mol. The minimum Gasteiger partial charge on any atom is -0.398 e. The maximum Gasteiger partial charge on any atom is 0.0726 e. The molecule has 0 atom stereocenters. The largest absolute Gasteiger partial charge is 0.398 e. The third kappa shape index (κ3) is 1.85. The summed E-state index contributed by atoms with van der Waals surface area (Å²) in [5.74, 6) is 0. The lowest BCUT2D eigenvalue weighted by Gasteiger charge is -2.05. The molecule has 0 bridgehead atoms. The predicted octanol–water partition coefficient (Wildman–Crippen LogP) is 1.60. The monoisotopic (exact) mass is 188 g/mol. The Bertz CT molecular complexity index is 394. The highest BCUT2D eigenvalue weighted by molar-refractivity contribution is 5.49. The molecule has 72 valence electrons. The van der Waals surface area contributed by atoms with Crippen LogP contribution in [-0.4, -0.2) is 10.2 Å². The van der Waals surface area contributed by atoms with Gasteiger partial charge >= 0.3 is 0 Å². The van der Waals surface area contributed by atoms with E-state index in [1.807, 2.05) is 24.3 Å². The average Bonchev–Trinajstić information content (AvgIpc) is 2.69. The number of benzene rings is 1. The summed E-state index contributed by atoms with van der Waals surface area (Å²) in [7, 11) is 0. The van der Waals surface area contributed by atoms with E-state index in [0.717, 1.165) is 16.9 Å². The van der Waals surface area contributed by atoms with Crippen LogP contribution < -0.4 is 11.1 Å². The van der Waals surface area contributed by atoms with E-state index in [1.165, 1.54) is 0 Å². The van der Waals surface area contributed by atoms with E-state index in [-0.39, 0.29) is 0 Å². The highest BCUT2D eigenvalue weighted by Gasteiger charge is 1.97. The first-order chi connectivity index (χ1) is 6.86. The summed E-state index contributed by atoms with van der Waals surface area (Å²) in [5, 5.41) is 9.78. The Morgan fingerprint density at radius 1 is 1.36 bits per heavy atom. The number of rotatable bonds is 3. The minimum atomic E-state index is 0.714. The number of aromatic nitrogens is 2. The lowest BCUT2D eigenvalue weighted by atomic mass is 10.2. The number of nitrogens with one attached hydrogen (secondary N) is 2. The standard InChI is InChI=1S/C10H12N4/c11-10-4-2-1-3-8(10)5-12-9-6-13-14-7-9/h1-4,6-7,12H,5,11H2,(H,13,14). The zero-order chi connectivity index (χ0) is 9.80. The normalized spacial score (nSPS) is 10.0. The molecule has 0 aliphatic carbocycles. The molecule has 4 heteroatoms.